The van der Waals surface area contributed by atoms with Crippen molar-refractivity contribution in [1.82, 2.24) is 0 Å². The molecule has 0 saturated carbocycles. The summed E-state index contributed by atoms with van der Waals surface area (Å²) in [6.45, 7) is 6.94. The second-order valence-corrected chi connectivity index (χ2v) is 2.91. The molecular weight excluding hydrogens is 152 g/mol. The Labute approximate surface area is 73.6 Å². The van der Waals surface area contributed by atoms with E-state index in [-0.39, 0.29) is 5.78 Å². The number of allylic oxidation sites excluding steroid dienone is 2. The lowest BCUT2D eigenvalue weighted by atomic mass is 10.1. The summed E-state index contributed by atoms with van der Waals surface area (Å²) in [6.07, 6.45) is 4.05. The summed E-state index contributed by atoms with van der Waals surface area (Å²) in [5, 5.41) is 9.12. The van der Waals surface area contributed by atoms with E-state index in [2.05, 4.69) is 6.58 Å². The number of rotatable bonds is 5. The number of hydrogen-bond acceptors (Lipinski definition) is 2. The van der Waals surface area contributed by atoms with Crippen LogP contribution in [0, 0.1) is 0 Å². The first kappa shape index (κ1) is 11.1. The second kappa shape index (κ2) is 5.72. The lowest BCUT2D eigenvalue weighted by molar-refractivity contribution is -0.124. The summed E-state index contributed by atoms with van der Waals surface area (Å²) >= 11 is 0. The fourth-order valence-electron chi connectivity index (χ4n) is 0.790. The maximum atomic E-state index is 10.6. The molecule has 0 aromatic rings. The van der Waals surface area contributed by atoms with Gasteiger partial charge in [0.15, 0.2) is 5.78 Å². The van der Waals surface area contributed by atoms with Gasteiger partial charge in [-0.15, -0.1) is 6.58 Å². The van der Waals surface area contributed by atoms with Gasteiger partial charge < -0.3 is 5.11 Å². The quantitative estimate of drug-likeness (QED) is 0.636. The number of Topliss-reactive ketones (excluding diaryl/α,β-unsaturated/α-hetero) is 1. The predicted octanol–water partition coefficient (Wildman–Crippen LogP) is 1.85. The number of hydrogen-bond donors (Lipinski definition) is 1. The molecule has 12 heavy (non-hydrogen) atoms. The van der Waals surface area contributed by atoms with Crippen LogP contribution in [0.25, 0.3) is 0 Å². The number of aliphatic hydroxyl groups is 1. The Morgan fingerprint density at radius 2 is 2.17 bits per heavy atom. The van der Waals surface area contributed by atoms with E-state index in [1.807, 2.05) is 13.0 Å². The van der Waals surface area contributed by atoms with Crippen molar-refractivity contribution in [2.75, 3.05) is 0 Å². The van der Waals surface area contributed by atoms with E-state index in [0.29, 0.717) is 6.42 Å². The highest BCUT2D eigenvalue weighted by Crippen LogP contribution is 2.04. The van der Waals surface area contributed by atoms with Crippen LogP contribution in [0.1, 0.15) is 26.7 Å². The fourth-order valence-corrected chi connectivity index (χ4v) is 0.790. The van der Waals surface area contributed by atoms with Crippen molar-refractivity contribution >= 4 is 5.78 Å². The highest BCUT2D eigenvalue weighted by Gasteiger charge is 2.06. The summed E-state index contributed by atoms with van der Waals surface area (Å²) in [5.74, 6) is -0.183. The largest absolute Gasteiger partial charge is 0.385 e. The van der Waals surface area contributed by atoms with E-state index in [4.69, 9.17) is 5.11 Å². The first-order valence-electron chi connectivity index (χ1n) is 4.03. The minimum Gasteiger partial charge on any atom is -0.385 e. The molecule has 0 aliphatic heterocycles. The molecule has 0 aliphatic rings. The molecular formula is C10H16O2. The van der Waals surface area contributed by atoms with E-state index in [0.717, 1.165) is 12.0 Å². The topological polar surface area (TPSA) is 37.3 Å². The molecule has 0 fully saturated rings. The molecule has 0 heterocycles. The van der Waals surface area contributed by atoms with Crippen molar-refractivity contribution in [3.8, 4) is 0 Å². The van der Waals surface area contributed by atoms with E-state index in [1.165, 1.54) is 6.92 Å². The first-order chi connectivity index (χ1) is 5.57. The molecule has 0 saturated heterocycles. The van der Waals surface area contributed by atoms with Crippen LogP contribution in [0.3, 0.4) is 0 Å². The highest BCUT2D eigenvalue weighted by atomic mass is 16.3. The molecule has 1 N–H and O–H groups in total. The van der Waals surface area contributed by atoms with Gasteiger partial charge in [-0.25, -0.2) is 0 Å². The Morgan fingerprint density at radius 3 is 2.58 bits per heavy atom. The molecule has 0 radical (unpaired) electrons. The SMILES string of the molecule is C=CC/C(C)=C/C[C@H](O)C(C)=O. The van der Waals surface area contributed by atoms with Crippen molar-refractivity contribution in [2.24, 2.45) is 0 Å². The van der Waals surface area contributed by atoms with Crippen LogP contribution < -0.4 is 0 Å². The van der Waals surface area contributed by atoms with Gasteiger partial charge in [0, 0.05) is 0 Å². The van der Waals surface area contributed by atoms with Crippen LogP contribution in [-0.2, 0) is 4.79 Å². The number of aliphatic hydroxyl groups excluding tert-OH is 1. The van der Waals surface area contributed by atoms with Gasteiger partial charge in [-0.3, -0.25) is 4.79 Å². The van der Waals surface area contributed by atoms with Crippen molar-refractivity contribution in [3.05, 3.63) is 24.3 Å². The van der Waals surface area contributed by atoms with E-state index >= 15 is 0 Å². The van der Waals surface area contributed by atoms with Crippen LogP contribution >= 0.6 is 0 Å². The van der Waals surface area contributed by atoms with Crippen LogP contribution in [0.5, 0.6) is 0 Å². The van der Waals surface area contributed by atoms with E-state index in [1.54, 1.807) is 6.08 Å². The fraction of sp³-hybridized carbons (Fsp3) is 0.500. The van der Waals surface area contributed by atoms with Crippen molar-refractivity contribution in [1.29, 1.82) is 0 Å². The summed E-state index contributed by atoms with van der Waals surface area (Å²) < 4.78 is 0. The van der Waals surface area contributed by atoms with Gasteiger partial charge in [0.05, 0.1) is 0 Å². The average Bonchev–Trinajstić information content (AvgIpc) is 2.00. The minimum absolute atomic E-state index is 0.183. The molecule has 0 spiro atoms. The molecule has 0 rings (SSSR count). The molecule has 2 nitrogen and oxygen atoms in total. The first-order valence-corrected chi connectivity index (χ1v) is 4.03. The number of ketones is 1. The summed E-state index contributed by atoms with van der Waals surface area (Å²) in [6, 6.07) is 0. The maximum Gasteiger partial charge on any atom is 0.158 e. The summed E-state index contributed by atoms with van der Waals surface area (Å²) in [5.41, 5.74) is 1.13. The third-order valence-electron chi connectivity index (χ3n) is 1.63. The Kier molecular flexibility index (Phi) is 5.30. The summed E-state index contributed by atoms with van der Waals surface area (Å²) in [4.78, 5) is 10.6. The molecule has 0 aliphatic carbocycles. The van der Waals surface area contributed by atoms with Gasteiger partial charge in [-0.05, 0) is 26.7 Å². The van der Waals surface area contributed by atoms with Gasteiger partial charge in [-0.2, -0.15) is 0 Å². The van der Waals surface area contributed by atoms with Crippen LogP contribution in [0.15, 0.2) is 24.3 Å². The third-order valence-corrected chi connectivity index (χ3v) is 1.63. The Bertz CT molecular complexity index is 192. The zero-order chi connectivity index (χ0) is 9.56. The van der Waals surface area contributed by atoms with Crippen LogP contribution in [-0.4, -0.2) is 17.0 Å². The van der Waals surface area contributed by atoms with Gasteiger partial charge in [0.2, 0.25) is 0 Å². The van der Waals surface area contributed by atoms with Crippen molar-refractivity contribution < 1.29 is 9.90 Å². The Morgan fingerprint density at radius 1 is 1.58 bits per heavy atom. The molecule has 0 bridgehead atoms. The van der Waals surface area contributed by atoms with Crippen molar-refractivity contribution in [3.63, 3.8) is 0 Å². The normalized spacial score (nSPS) is 14.1. The van der Waals surface area contributed by atoms with Crippen LogP contribution in [0.2, 0.25) is 0 Å². The van der Waals surface area contributed by atoms with Gasteiger partial charge in [0.25, 0.3) is 0 Å². The smallest absolute Gasteiger partial charge is 0.158 e. The number of carbonyl (C=O) groups excluding carboxylic acids is 1. The van der Waals surface area contributed by atoms with Gasteiger partial charge >= 0.3 is 0 Å². The van der Waals surface area contributed by atoms with Gasteiger partial charge in [0.1, 0.15) is 6.10 Å². The molecule has 0 unspecified atom stereocenters. The highest BCUT2D eigenvalue weighted by molar-refractivity contribution is 5.80. The standard InChI is InChI=1S/C10H16O2/c1-4-5-8(2)6-7-10(12)9(3)11/h4,6,10,12H,1,5,7H2,2-3H3/b8-6+/t10-/m0/s1. The molecule has 0 aromatic heterocycles. The zero-order valence-corrected chi connectivity index (χ0v) is 7.71. The van der Waals surface area contributed by atoms with E-state index < -0.39 is 6.10 Å². The predicted molar refractivity (Wildman–Crippen MR) is 49.9 cm³/mol. The minimum atomic E-state index is -0.843. The molecule has 0 amide bonds. The summed E-state index contributed by atoms with van der Waals surface area (Å²) in [7, 11) is 0. The van der Waals surface area contributed by atoms with Gasteiger partial charge in [-0.1, -0.05) is 17.7 Å². The van der Waals surface area contributed by atoms with E-state index in [9.17, 15) is 4.79 Å². The molecule has 68 valence electrons. The number of carbonyl (C=O) groups is 1. The lowest BCUT2D eigenvalue weighted by Crippen LogP contribution is -2.15. The lowest BCUT2D eigenvalue weighted by Gasteiger charge is -2.02. The third kappa shape index (κ3) is 4.85. The molecule has 0 aromatic carbocycles. The van der Waals surface area contributed by atoms with Crippen molar-refractivity contribution in [2.45, 2.75) is 32.8 Å². The second-order valence-electron chi connectivity index (χ2n) is 2.91. The Hall–Kier alpha value is -0.890. The molecule has 1 atom stereocenters. The molecule has 2 heteroatoms. The average molecular weight is 168 g/mol. The van der Waals surface area contributed by atoms with Crippen LogP contribution in [0.4, 0.5) is 0 Å². The Balaban J connectivity index is 3.86. The zero-order valence-electron chi connectivity index (χ0n) is 7.71. The monoisotopic (exact) mass is 168 g/mol. The maximum absolute atomic E-state index is 10.6.